The van der Waals surface area contributed by atoms with Gasteiger partial charge in [0.2, 0.25) is 0 Å². The van der Waals surface area contributed by atoms with Crippen LogP contribution in [0.5, 0.6) is 0 Å². The van der Waals surface area contributed by atoms with E-state index in [4.69, 9.17) is 0 Å². The van der Waals surface area contributed by atoms with Crippen molar-refractivity contribution in [3.05, 3.63) is 29.8 Å². The number of aryl methyl sites for hydroxylation is 1. The zero-order chi connectivity index (χ0) is 8.67. The van der Waals surface area contributed by atoms with E-state index in [0.29, 0.717) is 0 Å². The van der Waals surface area contributed by atoms with Gasteiger partial charge in [-0.3, -0.25) is 4.99 Å². The molecule has 13 heavy (non-hydrogen) atoms. The Morgan fingerprint density at radius 3 is 3.15 bits per heavy atom. The van der Waals surface area contributed by atoms with E-state index in [9.17, 15) is 0 Å². The van der Waals surface area contributed by atoms with Crippen molar-refractivity contribution in [2.75, 3.05) is 0 Å². The molecule has 0 aliphatic carbocycles. The molecule has 1 nitrogen and oxygen atoms in total. The van der Waals surface area contributed by atoms with Crippen LogP contribution in [0.15, 0.2) is 29.3 Å². The van der Waals surface area contributed by atoms with Gasteiger partial charge in [-0.1, -0.05) is 18.2 Å². The summed E-state index contributed by atoms with van der Waals surface area (Å²) in [6.07, 6.45) is 4.27. The molecule has 0 saturated heterocycles. The van der Waals surface area contributed by atoms with E-state index in [1.165, 1.54) is 20.7 Å². The van der Waals surface area contributed by atoms with Gasteiger partial charge in [0.1, 0.15) is 5.00 Å². The third-order valence-electron chi connectivity index (χ3n) is 2.41. The largest absolute Gasteiger partial charge is 0.250 e. The molecule has 0 spiro atoms. The van der Waals surface area contributed by atoms with Crippen LogP contribution in [0, 0.1) is 0 Å². The number of aliphatic imine (C=N–C) groups is 1. The smallest absolute Gasteiger partial charge is 0.119 e. The van der Waals surface area contributed by atoms with Gasteiger partial charge in [-0.2, -0.15) is 0 Å². The Bertz CT molecular complexity index is 482. The minimum Gasteiger partial charge on any atom is -0.250 e. The monoisotopic (exact) mass is 187 g/mol. The minimum absolute atomic E-state index is 1.09. The van der Waals surface area contributed by atoms with Gasteiger partial charge in [0.05, 0.1) is 0 Å². The zero-order valence-electron chi connectivity index (χ0n) is 7.16. The third kappa shape index (κ3) is 1.02. The van der Waals surface area contributed by atoms with Gasteiger partial charge in [-0.15, -0.1) is 11.3 Å². The summed E-state index contributed by atoms with van der Waals surface area (Å²) >= 11 is 1.80. The van der Waals surface area contributed by atoms with E-state index < -0.39 is 0 Å². The van der Waals surface area contributed by atoms with Gasteiger partial charge in [0.25, 0.3) is 0 Å². The van der Waals surface area contributed by atoms with Gasteiger partial charge < -0.3 is 0 Å². The van der Waals surface area contributed by atoms with Gasteiger partial charge in [0.15, 0.2) is 0 Å². The van der Waals surface area contributed by atoms with Crippen LogP contribution in [-0.2, 0) is 6.42 Å². The van der Waals surface area contributed by atoms with Gasteiger partial charge in [-0.05, 0) is 29.9 Å². The maximum atomic E-state index is 4.42. The second-order valence-electron chi connectivity index (χ2n) is 3.23. The standard InChI is InChI=1S/C11H9NS/c1-2-6-10-8(4-1)9-5-3-7-12-11(9)13-10/h1-2,4,6-7H,3,5H2. The second kappa shape index (κ2) is 2.67. The molecule has 1 aliphatic heterocycles. The number of hydrogen-bond donors (Lipinski definition) is 0. The maximum Gasteiger partial charge on any atom is 0.119 e. The average molecular weight is 187 g/mol. The highest BCUT2D eigenvalue weighted by molar-refractivity contribution is 7.22. The van der Waals surface area contributed by atoms with Gasteiger partial charge in [0, 0.05) is 10.9 Å². The molecule has 2 aromatic rings. The number of rotatable bonds is 0. The van der Waals surface area contributed by atoms with E-state index in [-0.39, 0.29) is 0 Å². The highest BCUT2D eigenvalue weighted by atomic mass is 32.1. The Balaban J connectivity index is 2.41. The van der Waals surface area contributed by atoms with Crippen LogP contribution in [0.2, 0.25) is 0 Å². The lowest BCUT2D eigenvalue weighted by atomic mass is 10.1. The van der Waals surface area contributed by atoms with Gasteiger partial charge in [-0.25, -0.2) is 0 Å². The highest BCUT2D eigenvalue weighted by Crippen LogP contribution is 2.39. The lowest BCUT2D eigenvalue weighted by Gasteiger charge is -2.02. The van der Waals surface area contributed by atoms with Crippen LogP contribution in [-0.4, -0.2) is 6.21 Å². The third-order valence-corrected chi connectivity index (χ3v) is 3.53. The summed E-state index contributed by atoms with van der Waals surface area (Å²) in [6, 6.07) is 8.57. The minimum atomic E-state index is 1.09. The number of hydrogen-bond acceptors (Lipinski definition) is 2. The average Bonchev–Trinajstić information content (AvgIpc) is 2.56. The van der Waals surface area contributed by atoms with Gasteiger partial charge >= 0.3 is 0 Å². The van der Waals surface area contributed by atoms with E-state index in [0.717, 1.165) is 12.8 Å². The van der Waals surface area contributed by atoms with Crippen molar-refractivity contribution < 1.29 is 0 Å². The first-order valence-electron chi connectivity index (χ1n) is 4.48. The van der Waals surface area contributed by atoms with E-state index in [1.807, 2.05) is 6.21 Å². The molecule has 2 heteroatoms. The van der Waals surface area contributed by atoms with Crippen molar-refractivity contribution in [3.63, 3.8) is 0 Å². The molecular weight excluding hydrogens is 178 g/mol. The first kappa shape index (κ1) is 7.27. The number of fused-ring (bicyclic) bond motifs is 3. The molecule has 64 valence electrons. The summed E-state index contributed by atoms with van der Waals surface area (Å²) in [4.78, 5) is 4.42. The zero-order valence-corrected chi connectivity index (χ0v) is 7.97. The molecule has 0 N–H and O–H groups in total. The Kier molecular flexibility index (Phi) is 1.49. The molecule has 3 rings (SSSR count). The van der Waals surface area contributed by atoms with Crippen molar-refractivity contribution in [2.45, 2.75) is 12.8 Å². The Morgan fingerprint density at radius 1 is 1.23 bits per heavy atom. The van der Waals surface area contributed by atoms with Crippen molar-refractivity contribution >= 4 is 32.6 Å². The van der Waals surface area contributed by atoms with E-state index in [2.05, 4.69) is 29.3 Å². The van der Waals surface area contributed by atoms with Crippen LogP contribution in [0.4, 0.5) is 5.00 Å². The fourth-order valence-electron chi connectivity index (χ4n) is 1.79. The van der Waals surface area contributed by atoms with Crippen molar-refractivity contribution in [1.29, 1.82) is 0 Å². The SMILES string of the molecule is C1=Nc2sc3ccccc3c2CC1. The Labute approximate surface area is 80.7 Å². The predicted molar refractivity (Wildman–Crippen MR) is 58.3 cm³/mol. The van der Waals surface area contributed by atoms with Crippen LogP contribution in [0.1, 0.15) is 12.0 Å². The second-order valence-corrected chi connectivity index (χ2v) is 4.26. The van der Waals surface area contributed by atoms with Crippen molar-refractivity contribution in [1.82, 2.24) is 0 Å². The van der Waals surface area contributed by atoms with Crippen LogP contribution >= 0.6 is 11.3 Å². The van der Waals surface area contributed by atoms with Crippen LogP contribution in [0.3, 0.4) is 0 Å². The molecular formula is C11H9NS. The number of nitrogens with zero attached hydrogens (tertiary/aromatic N) is 1. The highest BCUT2D eigenvalue weighted by Gasteiger charge is 2.12. The summed E-state index contributed by atoms with van der Waals surface area (Å²) in [7, 11) is 0. The molecule has 2 heterocycles. The number of benzene rings is 1. The molecule has 0 amide bonds. The summed E-state index contributed by atoms with van der Waals surface area (Å²) in [5.41, 5.74) is 1.45. The summed E-state index contributed by atoms with van der Waals surface area (Å²) < 4.78 is 1.37. The molecule has 0 saturated carbocycles. The molecule has 0 atom stereocenters. The molecule has 1 aromatic heterocycles. The molecule has 0 unspecified atom stereocenters. The molecule has 0 radical (unpaired) electrons. The topological polar surface area (TPSA) is 12.4 Å². The molecule has 0 bridgehead atoms. The first-order chi connectivity index (χ1) is 6.45. The molecule has 1 aliphatic rings. The van der Waals surface area contributed by atoms with Crippen molar-refractivity contribution in [3.8, 4) is 0 Å². The predicted octanol–water partition coefficient (Wildman–Crippen LogP) is 3.55. The van der Waals surface area contributed by atoms with Crippen LogP contribution in [0.25, 0.3) is 10.1 Å². The Hall–Kier alpha value is -1.15. The summed E-state index contributed by atoms with van der Waals surface area (Å²) in [6.45, 7) is 0. The number of thiophene rings is 1. The maximum absolute atomic E-state index is 4.42. The fourth-order valence-corrected chi connectivity index (χ4v) is 2.91. The lowest BCUT2D eigenvalue weighted by Crippen LogP contribution is -1.89. The fraction of sp³-hybridized carbons (Fsp3) is 0.182. The quantitative estimate of drug-likeness (QED) is 0.598. The van der Waals surface area contributed by atoms with E-state index >= 15 is 0 Å². The first-order valence-corrected chi connectivity index (χ1v) is 5.30. The normalized spacial score (nSPS) is 14.8. The molecule has 0 fully saturated rings. The lowest BCUT2D eigenvalue weighted by molar-refractivity contribution is 1.05. The van der Waals surface area contributed by atoms with Crippen molar-refractivity contribution in [2.24, 2.45) is 4.99 Å². The molecule has 1 aromatic carbocycles. The summed E-state index contributed by atoms with van der Waals surface area (Å²) in [5, 5.41) is 2.62. The Morgan fingerprint density at radius 2 is 2.15 bits per heavy atom. The van der Waals surface area contributed by atoms with Crippen LogP contribution < -0.4 is 0 Å². The summed E-state index contributed by atoms with van der Waals surface area (Å²) in [5.74, 6) is 0. The van der Waals surface area contributed by atoms with E-state index in [1.54, 1.807) is 11.3 Å².